The number of carboxylic acid groups (broad SMARTS) is 1. The number of nitrogens with zero attached hydrogens (tertiary/aromatic N) is 1. The van der Waals surface area contributed by atoms with Crippen LogP contribution < -0.4 is 5.32 Å². The smallest absolute Gasteiger partial charge is 0.339 e. The molecule has 16 heavy (non-hydrogen) atoms. The summed E-state index contributed by atoms with van der Waals surface area (Å²) in [4.78, 5) is 14.9. The fraction of sp³-hybridized carbons (Fsp3) is 0.400. The zero-order valence-electron chi connectivity index (χ0n) is 9.03. The molecule has 1 heterocycles. The van der Waals surface area contributed by atoms with Crippen LogP contribution in [0.25, 0.3) is 0 Å². The Morgan fingerprint density at radius 1 is 1.69 bits per heavy atom. The Balaban J connectivity index is 2.92. The van der Waals surface area contributed by atoms with Gasteiger partial charge in [0.2, 0.25) is 0 Å². The van der Waals surface area contributed by atoms with Gasteiger partial charge in [-0.2, -0.15) is 0 Å². The minimum absolute atomic E-state index is 0.0472. The van der Waals surface area contributed by atoms with Crippen LogP contribution >= 0.6 is 11.6 Å². The third-order valence-electron chi connectivity index (χ3n) is 1.89. The Labute approximate surface area is 98.4 Å². The Bertz CT molecular complexity index is 384. The fourth-order valence-electron chi connectivity index (χ4n) is 1.24. The van der Waals surface area contributed by atoms with Gasteiger partial charge >= 0.3 is 5.97 Å². The molecule has 1 aromatic heterocycles. The third-order valence-corrected chi connectivity index (χ3v) is 2.10. The molecule has 2 N–H and O–H groups in total. The van der Waals surface area contributed by atoms with E-state index in [1.54, 1.807) is 7.11 Å². The van der Waals surface area contributed by atoms with Crippen LogP contribution in [-0.2, 0) is 4.74 Å². The maximum atomic E-state index is 10.9. The molecule has 1 unspecified atom stereocenters. The molecule has 5 nitrogen and oxygen atoms in total. The first-order chi connectivity index (χ1) is 7.54. The molecule has 0 amide bonds. The Morgan fingerprint density at radius 3 is 2.94 bits per heavy atom. The van der Waals surface area contributed by atoms with E-state index >= 15 is 0 Å². The van der Waals surface area contributed by atoms with E-state index in [1.165, 1.54) is 12.1 Å². The van der Waals surface area contributed by atoms with Crippen molar-refractivity contribution in [1.82, 2.24) is 4.98 Å². The number of nitrogens with one attached hydrogen (secondary N) is 1. The van der Waals surface area contributed by atoms with Gasteiger partial charge in [-0.05, 0) is 19.1 Å². The van der Waals surface area contributed by atoms with Crippen molar-refractivity contribution >= 4 is 23.4 Å². The molecule has 0 aliphatic carbocycles. The van der Waals surface area contributed by atoms with Gasteiger partial charge < -0.3 is 15.2 Å². The molecule has 0 aromatic carbocycles. The van der Waals surface area contributed by atoms with Gasteiger partial charge in [-0.15, -0.1) is 0 Å². The van der Waals surface area contributed by atoms with Crippen LogP contribution in [0.1, 0.15) is 17.3 Å². The monoisotopic (exact) mass is 244 g/mol. The Hall–Kier alpha value is -1.33. The van der Waals surface area contributed by atoms with E-state index in [0.717, 1.165) is 0 Å². The molecule has 0 spiro atoms. The molecule has 88 valence electrons. The number of hydrogen-bond acceptors (Lipinski definition) is 4. The summed E-state index contributed by atoms with van der Waals surface area (Å²) in [6.45, 7) is 2.31. The van der Waals surface area contributed by atoms with Gasteiger partial charge in [0.15, 0.2) is 0 Å². The van der Waals surface area contributed by atoms with Gasteiger partial charge in [0.05, 0.1) is 6.61 Å². The van der Waals surface area contributed by atoms with Crippen LogP contribution in [0.15, 0.2) is 12.1 Å². The van der Waals surface area contributed by atoms with Crippen LogP contribution in [0.4, 0.5) is 5.82 Å². The number of aromatic nitrogens is 1. The van der Waals surface area contributed by atoms with Crippen molar-refractivity contribution in [3.8, 4) is 0 Å². The second-order valence-electron chi connectivity index (χ2n) is 3.34. The standard InChI is InChI=1S/C10H13ClN2O3/c1-6(5-16-2)12-9-7(10(14)15)3-4-8(11)13-9/h3-4,6H,5H2,1-2H3,(H,12,13)(H,14,15). The summed E-state index contributed by atoms with van der Waals surface area (Å²) in [5, 5.41) is 12.1. The summed E-state index contributed by atoms with van der Waals surface area (Å²) in [5.41, 5.74) is 0.0901. The van der Waals surface area contributed by atoms with Gasteiger partial charge in [0.25, 0.3) is 0 Å². The molecule has 1 rings (SSSR count). The zero-order valence-corrected chi connectivity index (χ0v) is 9.78. The van der Waals surface area contributed by atoms with Crippen molar-refractivity contribution in [2.45, 2.75) is 13.0 Å². The molecule has 1 aromatic rings. The average molecular weight is 245 g/mol. The fourth-order valence-corrected chi connectivity index (χ4v) is 1.39. The van der Waals surface area contributed by atoms with E-state index in [2.05, 4.69) is 10.3 Å². The molecule has 0 fully saturated rings. The minimum Gasteiger partial charge on any atom is -0.478 e. The number of hydrogen-bond donors (Lipinski definition) is 2. The van der Waals surface area contributed by atoms with Gasteiger partial charge in [0, 0.05) is 13.2 Å². The van der Waals surface area contributed by atoms with E-state index in [0.29, 0.717) is 6.61 Å². The highest BCUT2D eigenvalue weighted by molar-refractivity contribution is 6.29. The number of methoxy groups -OCH3 is 1. The molecule has 0 bridgehead atoms. The summed E-state index contributed by atoms with van der Waals surface area (Å²) in [6, 6.07) is 2.81. The van der Waals surface area contributed by atoms with Crippen molar-refractivity contribution in [1.29, 1.82) is 0 Å². The lowest BCUT2D eigenvalue weighted by Crippen LogP contribution is -2.23. The highest BCUT2D eigenvalue weighted by atomic mass is 35.5. The Morgan fingerprint density at radius 2 is 2.38 bits per heavy atom. The van der Waals surface area contributed by atoms with Crippen LogP contribution in [0.5, 0.6) is 0 Å². The van der Waals surface area contributed by atoms with Crippen molar-refractivity contribution in [3.63, 3.8) is 0 Å². The number of ether oxygens (including phenoxy) is 1. The molecular weight excluding hydrogens is 232 g/mol. The molecule has 0 radical (unpaired) electrons. The number of carboxylic acids is 1. The van der Waals surface area contributed by atoms with Crippen LogP contribution in [-0.4, -0.2) is 35.8 Å². The van der Waals surface area contributed by atoms with Crippen molar-refractivity contribution < 1.29 is 14.6 Å². The molecule has 0 saturated heterocycles. The van der Waals surface area contributed by atoms with Gasteiger partial charge in [0.1, 0.15) is 16.5 Å². The molecule has 0 aliphatic heterocycles. The van der Waals surface area contributed by atoms with Crippen LogP contribution in [0.2, 0.25) is 5.15 Å². The molecule has 0 saturated carbocycles. The first-order valence-electron chi connectivity index (χ1n) is 4.70. The lowest BCUT2D eigenvalue weighted by atomic mass is 10.2. The minimum atomic E-state index is -1.05. The molecule has 6 heteroatoms. The highest BCUT2D eigenvalue weighted by Gasteiger charge is 2.13. The van der Waals surface area contributed by atoms with Gasteiger partial charge in [-0.25, -0.2) is 9.78 Å². The Kier molecular flexibility index (Phi) is 4.52. The van der Waals surface area contributed by atoms with Crippen molar-refractivity contribution in [3.05, 3.63) is 22.8 Å². The average Bonchev–Trinajstić information content (AvgIpc) is 2.17. The predicted octanol–water partition coefficient (Wildman–Crippen LogP) is 1.88. The lowest BCUT2D eigenvalue weighted by Gasteiger charge is -2.15. The number of pyridine rings is 1. The summed E-state index contributed by atoms with van der Waals surface area (Å²) < 4.78 is 4.94. The number of aromatic carboxylic acids is 1. The number of anilines is 1. The van der Waals surface area contributed by atoms with E-state index in [1.807, 2.05) is 6.92 Å². The second kappa shape index (κ2) is 5.67. The number of halogens is 1. The number of carbonyl (C=O) groups is 1. The summed E-state index contributed by atoms with van der Waals surface area (Å²) in [7, 11) is 1.57. The van der Waals surface area contributed by atoms with Crippen molar-refractivity contribution in [2.24, 2.45) is 0 Å². The van der Waals surface area contributed by atoms with Gasteiger partial charge in [-0.3, -0.25) is 0 Å². The summed E-state index contributed by atoms with van der Waals surface area (Å²) >= 11 is 5.71. The predicted molar refractivity (Wildman–Crippen MR) is 61.2 cm³/mol. The van der Waals surface area contributed by atoms with Crippen LogP contribution in [0, 0.1) is 0 Å². The lowest BCUT2D eigenvalue weighted by molar-refractivity contribution is 0.0697. The quantitative estimate of drug-likeness (QED) is 0.774. The van der Waals surface area contributed by atoms with Crippen LogP contribution in [0.3, 0.4) is 0 Å². The summed E-state index contributed by atoms with van der Waals surface area (Å²) in [5.74, 6) is -0.791. The largest absolute Gasteiger partial charge is 0.478 e. The summed E-state index contributed by atoms with van der Waals surface area (Å²) in [6.07, 6.45) is 0. The first-order valence-corrected chi connectivity index (χ1v) is 5.07. The van der Waals surface area contributed by atoms with Crippen molar-refractivity contribution in [2.75, 3.05) is 19.0 Å². The maximum Gasteiger partial charge on any atom is 0.339 e. The first kappa shape index (κ1) is 12.7. The maximum absolute atomic E-state index is 10.9. The molecule has 0 aliphatic rings. The molecule has 1 atom stereocenters. The zero-order chi connectivity index (χ0) is 12.1. The molecular formula is C10H13ClN2O3. The van der Waals surface area contributed by atoms with E-state index in [9.17, 15) is 4.79 Å². The van der Waals surface area contributed by atoms with Gasteiger partial charge in [-0.1, -0.05) is 11.6 Å². The SMILES string of the molecule is COCC(C)Nc1nc(Cl)ccc1C(=O)O. The normalized spacial score (nSPS) is 12.2. The topological polar surface area (TPSA) is 71.5 Å². The second-order valence-corrected chi connectivity index (χ2v) is 3.72. The third kappa shape index (κ3) is 3.36. The van der Waals surface area contributed by atoms with E-state index in [4.69, 9.17) is 21.4 Å². The van der Waals surface area contributed by atoms with E-state index < -0.39 is 5.97 Å². The highest BCUT2D eigenvalue weighted by Crippen LogP contribution is 2.17. The van der Waals surface area contributed by atoms with E-state index in [-0.39, 0.29) is 22.6 Å². The number of rotatable bonds is 5.